The summed E-state index contributed by atoms with van der Waals surface area (Å²) in [7, 11) is 1.35. The van der Waals surface area contributed by atoms with Crippen LogP contribution >= 0.6 is 0 Å². The van der Waals surface area contributed by atoms with Crippen LogP contribution in [0.25, 0.3) is 44.6 Å². The van der Waals surface area contributed by atoms with Crippen molar-refractivity contribution in [1.29, 1.82) is 0 Å². The number of halogens is 2. The first-order valence-electron chi connectivity index (χ1n) is 10.7. The smallest absolute Gasteiger partial charge is 0.287 e. The number of hydrogen-bond donors (Lipinski definition) is 1. The Morgan fingerprint density at radius 2 is 1.31 bits per heavy atom. The van der Waals surface area contributed by atoms with Crippen molar-refractivity contribution in [3.8, 4) is 28.7 Å². The van der Waals surface area contributed by atoms with Crippen LogP contribution in [0, 0.1) is 11.6 Å². The summed E-state index contributed by atoms with van der Waals surface area (Å²) in [5.74, 6) is -1.66. The van der Waals surface area contributed by atoms with E-state index in [1.807, 2.05) is 18.2 Å². The highest BCUT2D eigenvalue weighted by Crippen LogP contribution is 2.25. The molecule has 6 aromatic rings. The molecule has 0 amide bonds. The number of rotatable bonds is 3. The zero-order valence-electron chi connectivity index (χ0n) is 19.1. The Bertz CT molecular complexity index is 1800. The molecule has 12 heteroatoms. The number of pyridine rings is 4. The first-order chi connectivity index (χ1) is 18.0. The maximum absolute atomic E-state index is 14.1. The monoisotopic (exact) mass is 530 g/mol. The molecule has 0 bridgehead atoms. The van der Waals surface area contributed by atoms with Gasteiger partial charge in [-0.05, 0) is 24.3 Å². The summed E-state index contributed by atoms with van der Waals surface area (Å²) in [6.07, 6.45) is 8.82. The first-order valence-corrected chi connectivity index (χ1v) is 10.7. The van der Waals surface area contributed by atoms with Crippen LogP contribution in [0.5, 0.6) is 5.88 Å². The van der Waals surface area contributed by atoms with E-state index in [0.29, 0.717) is 16.9 Å². The molecular formula is C27H24F2N8O2. The zero-order chi connectivity index (χ0) is 25.8. The van der Waals surface area contributed by atoms with Crippen molar-refractivity contribution in [2.24, 2.45) is 0 Å². The lowest BCUT2D eigenvalue weighted by Crippen LogP contribution is -2.12. The van der Waals surface area contributed by atoms with Crippen LogP contribution in [0.2, 0.25) is 0 Å². The van der Waals surface area contributed by atoms with Gasteiger partial charge in [0.15, 0.2) is 0 Å². The van der Waals surface area contributed by atoms with E-state index >= 15 is 0 Å². The predicted molar refractivity (Wildman–Crippen MR) is 144 cm³/mol. The van der Waals surface area contributed by atoms with Gasteiger partial charge in [-0.25, -0.2) is 9.97 Å². The number of methoxy groups -OCH3 is 1. The van der Waals surface area contributed by atoms with E-state index < -0.39 is 17.2 Å². The standard InChI is InChI=1S/C13H9FN4O.C12H7FN4O.2CH4/c1-19-13-11(14)12(17-7-18-13)9-5-8-3-2-4-15-10(8)6-16-9;13-10-11(16-6-17-12(10)18)8-4-7-2-1-3-14-9(7)5-15-8;;/h2-7H,1H3;1-6H,(H,16,17,18);2*1H4. The minimum absolute atomic E-state index is 0. The molecule has 0 unspecified atom stereocenters. The fraction of sp³-hybridized carbons (Fsp3) is 0.111. The molecule has 0 spiro atoms. The average molecular weight is 531 g/mol. The molecule has 1 N–H and O–H groups in total. The molecule has 0 radical (unpaired) electrons. The third kappa shape index (κ3) is 5.85. The summed E-state index contributed by atoms with van der Waals surface area (Å²) in [6.45, 7) is 0. The van der Waals surface area contributed by atoms with E-state index in [1.165, 1.54) is 19.6 Å². The van der Waals surface area contributed by atoms with E-state index in [1.54, 1.807) is 36.8 Å². The van der Waals surface area contributed by atoms with Crippen molar-refractivity contribution in [1.82, 2.24) is 39.9 Å². The van der Waals surface area contributed by atoms with Gasteiger partial charge in [-0.1, -0.05) is 27.0 Å². The fourth-order valence-corrected chi connectivity index (χ4v) is 3.45. The first kappa shape index (κ1) is 28.3. The van der Waals surface area contributed by atoms with Crippen LogP contribution in [0.3, 0.4) is 0 Å². The van der Waals surface area contributed by atoms with Gasteiger partial charge < -0.3 is 9.72 Å². The Balaban J connectivity index is 0.000000205. The summed E-state index contributed by atoms with van der Waals surface area (Å²) in [5.41, 5.74) is 1.40. The molecule has 0 aliphatic carbocycles. The molecule has 6 aromatic heterocycles. The summed E-state index contributed by atoms with van der Waals surface area (Å²) >= 11 is 0. The third-order valence-corrected chi connectivity index (χ3v) is 5.21. The van der Waals surface area contributed by atoms with E-state index in [-0.39, 0.29) is 32.1 Å². The van der Waals surface area contributed by atoms with Crippen molar-refractivity contribution in [3.05, 3.63) is 95.8 Å². The Hall–Kier alpha value is -5.26. The Labute approximate surface area is 221 Å². The molecular weight excluding hydrogens is 506 g/mol. The highest BCUT2D eigenvalue weighted by molar-refractivity contribution is 5.82. The molecule has 6 rings (SSSR count). The molecule has 0 aromatic carbocycles. The Morgan fingerprint density at radius 3 is 1.87 bits per heavy atom. The van der Waals surface area contributed by atoms with Crippen molar-refractivity contribution >= 4 is 21.8 Å². The second-order valence-electron chi connectivity index (χ2n) is 7.47. The van der Waals surface area contributed by atoms with Crippen LogP contribution in [0.1, 0.15) is 14.9 Å². The zero-order valence-corrected chi connectivity index (χ0v) is 19.1. The molecule has 0 fully saturated rings. The number of H-pyrrole nitrogens is 1. The molecule has 0 saturated carbocycles. The second-order valence-corrected chi connectivity index (χ2v) is 7.47. The van der Waals surface area contributed by atoms with Crippen molar-refractivity contribution in [2.75, 3.05) is 7.11 Å². The molecule has 198 valence electrons. The van der Waals surface area contributed by atoms with Crippen molar-refractivity contribution < 1.29 is 13.5 Å². The van der Waals surface area contributed by atoms with Crippen molar-refractivity contribution in [2.45, 2.75) is 14.9 Å². The lowest BCUT2D eigenvalue weighted by Gasteiger charge is -2.05. The quantitative estimate of drug-likeness (QED) is 0.335. The second kappa shape index (κ2) is 12.3. The topological polar surface area (TPSA) is 132 Å². The maximum atomic E-state index is 14.1. The number of fused-ring (bicyclic) bond motifs is 2. The lowest BCUT2D eigenvalue weighted by molar-refractivity contribution is 0.368. The van der Waals surface area contributed by atoms with Gasteiger partial charge >= 0.3 is 0 Å². The van der Waals surface area contributed by atoms with Gasteiger partial charge in [-0.2, -0.15) is 13.8 Å². The molecule has 0 aliphatic rings. The van der Waals surface area contributed by atoms with Gasteiger partial charge in [0.25, 0.3) is 11.4 Å². The summed E-state index contributed by atoms with van der Waals surface area (Å²) < 4.78 is 32.5. The van der Waals surface area contributed by atoms with Crippen LogP contribution in [-0.2, 0) is 0 Å². The van der Waals surface area contributed by atoms with E-state index in [4.69, 9.17) is 4.74 Å². The largest absolute Gasteiger partial charge is 0.479 e. The molecule has 10 nitrogen and oxygen atoms in total. The Kier molecular flexibility index (Phi) is 8.94. The minimum atomic E-state index is -0.937. The number of ether oxygens (including phenoxy) is 1. The number of nitrogens with zero attached hydrogens (tertiary/aromatic N) is 7. The number of nitrogens with one attached hydrogen (secondary N) is 1. The van der Waals surface area contributed by atoms with E-state index in [9.17, 15) is 13.6 Å². The van der Waals surface area contributed by atoms with Crippen LogP contribution in [0.4, 0.5) is 8.78 Å². The Morgan fingerprint density at radius 1 is 0.744 bits per heavy atom. The van der Waals surface area contributed by atoms with Gasteiger partial charge in [0.05, 0.1) is 48.3 Å². The SMILES string of the molecule is C.C.COc1ncnc(-c2cc3cccnc3cn2)c1F.O=c1[nH]cnc(-c2cc3cccnc3cn2)c1F. The van der Waals surface area contributed by atoms with E-state index in [0.717, 1.165) is 22.6 Å². The summed E-state index contributed by atoms with van der Waals surface area (Å²) in [5, 5.41) is 1.67. The fourth-order valence-electron chi connectivity index (χ4n) is 3.45. The highest BCUT2D eigenvalue weighted by atomic mass is 19.1. The van der Waals surface area contributed by atoms with Gasteiger partial charge in [-0.3, -0.25) is 24.7 Å². The lowest BCUT2D eigenvalue weighted by atomic mass is 10.2. The molecule has 39 heavy (non-hydrogen) atoms. The van der Waals surface area contributed by atoms with Gasteiger partial charge in [0, 0.05) is 23.2 Å². The van der Waals surface area contributed by atoms with Crippen LogP contribution < -0.4 is 10.3 Å². The van der Waals surface area contributed by atoms with Crippen molar-refractivity contribution in [3.63, 3.8) is 0 Å². The van der Waals surface area contributed by atoms with Gasteiger partial charge in [-0.15, -0.1) is 0 Å². The maximum Gasteiger partial charge on any atom is 0.287 e. The average Bonchev–Trinajstić information content (AvgIpc) is 2.94. The predicted octanol–water partition coefficient (Wildman–Crippen LogP) is 5.03. The van der Waals surface area contributed by atoms with Gasteiger partial charge in [0.2, 0.25) is 11.6 Å². The summed E-state index contributed by atoms with van der Waals surface area (Å²) in [6, 6.07) is 10.7. The molecule has 0 saturated heterocycles. The molecule has 0 atom stereocenters. The third-order valence-electron chi connectivity index (χ3n) is 5.21. The molecule has 0 aliphatic heterocycles. The minimum Gasteiger partial charge on any atom is -0.479 e. The van der Waals surface area contributed by atoms with Gasteiger partial charge in [0.1, 0.15) is 17.7 Å². The normalized spacial score (nSPS) is 10.1. The number of aromatic amines is 1. The number of hydrogen-bond acceptors (Lipinski definition) is 9. The summed E-state index contributed by atoms with van der Waals surface area (Å²) in [4.78, 5) is 41.2. The van der Waals surface area contributed by atoms with Crippen LogP contribution in [0.15, 0.2) is 78.6 Å². The molecule has 6 heterocycles. The highest BCUT2D eigenvalue weighted by Gasteiger charge is 2.15. The van der Waals surface area contributed by atoms with Crippen LogP contribution in [-0.4, -0.2) is 47.0 Å². The van der Waals surface area contributed by atoms with E-state index in [2.05, 4.69) is 39.9 Å². The number of aromatic nitrogens is 8.